The number of amides is 2. The molecule has 0 aliphatic rings. The summed E-state index contributed by atoms with van der Waals surface area (Å²) in [7, 11) is 3.57. The van der Waals surface area contributed by atoms with Crippen LogP contribution in [-0.2, 0) is 15.0 Å². The number of likely N-dealkylation sites (N-methyl/N-ethyl adjacent to an activating group) is 2. The Morgan fingerprint density at radius 3 is 2.06 bits per heavy atom. The molecule has 0 saturated carbocycles. The normalized spacial score (nSPS) is 14.1. The summed E-state index contributed by atoms with van der Waals surface area (Å²) in [5, 5.41) is 6.22. The van der Waals surface area contributed by atoms with E-state index in [9.17, 15) is 9.59 Å². The van der Waals surface area contributed by atoms with Crippen LogP contribution in [0.4, 0.5) is 0 Å². The van der Waals surface area contributed by atoms with Gasteiger partial charge in [0, 0.05) is 24.8 Å². The number of ether oxygens (including phenoxy) is 1. The highest BCUT2D eigenvalue weighted by molar-refractivity contribution is 7.80. The molecule has 32 heavy (non-hydrogen) atoms. The third-order valence-corrected chi connectivity index (χ3v) is 5.83. The molecule has 6 nitrogen and oxygen atoms in total. The number of benzene rings is 1. The van der Waals surface area contributed by atoms with Crippen LogP contribution < -0.4 is 15.4 Å². The zero-order chi connectivity index (χ0) is 24.7. The third-order valence-electron chi connectivity index (χ3n) is 5.65. The van der Waals surface area contributed by atoms with Crippen molar-refractivity contribution in [3.05, 3.63) is 29.8 Å². The monoisotopic (exact) mass is 465 g/mol. The van der Waals surface area contributed by atoms with E-state index >= 15 is 0 Å². The Balaban J connectivity index is 3.10. The van der Waals surface area contributed by atoms with Crippen LogP contribution in [0.2, 0.25) is 0 Å². The molecule has 0 aliphatic heterocycles. The summed E-state index contributed by atoms with van der Waals surface area (Å²) < 4.78 is 5.61. The van der Waals surface area contributed by atoms with Gasteiger partial charge in [0.2, 0.25) is 11.8 Å². The van der Waals surface area contributed by atoms with E-state index in [1.165, 1.54) is 0 Å². The first-order valence-electron chi connectivity index (χ1n) is 11.3. The fourth-order valence-corrected chi connectivity index (χ4v) is 3.95. The van der Waals surface area contributed by atoms with Crippen molar-refractivity contribution in [2.75, 3.05) is 33.0 Å². The maximum Gasteiger partial charge on any atom is 0.245 e. The summed E-state index contributed by atoms with van der Waals surface area (Å²) in [6, 6.07) is 6.63. The maximum absolute atomic E-state index is 13.4. The van der Waals surface area contributed by atoms with E-state index in [0.717, 1.165) is 11.3 Å². The zero-order valence-electron chi connectivity index (χ0n) is 21.3. The molecule has 2 unspecified atom stereocenters. The van der Waals surface area contributed by atoms with Gasteiger partial charge in [-0.2, -0.15) is 12.6 Å². The van der Waals surface area contributed by atoms with Crippen molar-refractivity contribution in [1.29, 1.82) is 0 Å². The molecule has 1 rings (SSSR count). The second kappa shape index (κ2) is 11.9. The van der Waals surface area contributed by atoms with Crippen LogP contribution in [0.25, 0.3) is 0 Å². The molecule has 182 valence electrons. The standard InChI is InChI=1S/C25H43N3O3S/c1-17(2)16-28(9)23(30)21(24(3,4)5)27-22(29)20(26-8)25(6,7)18-10-12-19(13-11-18)31-14-15-32/h10-13,17,20-21,26,32H,14-16H2,1-9H3,(H,27,29). The predicted octanol–water partition coefficient (Wildman–Crippen LogP) is 3.51. The number of rotatable bonds is 11. The number of carbonyl (C=O) groups excluding carboxylic acids is 2. The van der Waals surface area contributed by atoms with Crippen molar-refractivity contribution in [2.45, 2.75) is 66.0 Å². The highest BCUT2D eigenvalue weighted by Crippen LogP contribution is 2.30. The second-order valence-electron chi connectivity index (χ2n) is 10.5. The summed E-state index contributed by atoms with van der Waals surface area (Å²) in [6.45, 7) is 15.3. The fourth-order valence-electron chi connectivity index (χ4n) is 3.86. The van der Waals surface area contributed by atoms with Crippen molar-refractivity contribution in [3.8, 4) is 5.75 Å². The Labute approximate surface area is 200 Å². The van der Waals surface area contributed by atoms with E-state index in [4.69, 9.17) is 4.74 Å². The number of carbonyl (C=O) groups is 2. The lowest BCUT2D eigenvalue weighted by atomic mass is 9.76. The minimum atomic E-state index is -0.623. The van der Waals surface area contributed by atoms with E-state index in [0.29, 0.717) is 24.8 Å². The molecule has 0 aliphatic carbocycles. The first-order chi connectivity index (χ1) is 14.7. The van der Waals surface area contributed by atoms with Gasteiger partial charge in [-0.1, -0.05) is 60.6 Å². The Morgan fingerprint density at radius 2 is 1.62 bits per heavy atom. The first-order valence-corrected chi connectivity index (χ1v) is 12.0. The summed E-state index contributed by atoms with van der Waals surface area (Å²) in [4.78, 5) is 28.3. The van der Waals surface area contributed by atoms with Gasteiger partial charge in [0.25, 0.3) is 0 Å². The van der Waals surface area contributed by atoms with Crippen LogP contribution in [0.1, 0.15) is 54.0 Å². The quantitative estimate of drug-likeness (QED) is 0.438. The molecule has 0 spiro atoms. The molecular formula is C25H43N3O3S. The molecule has 2 atom stereocenters. The summed E-state index contributed by atoms with van der Waals surface area (Å²) in [5.74, 6) is 1.51. The molecule has 1 aromatic carbocycles. The van der Waals surface area contributed by atoms with E-state index in [-0.39, 0.29) is 11.8 Å². The highest BCUT2D eigenvalue weighted by atomic mass is 32.1. The van der Waals surface area contributed by atoms with E-state index in [2.05, 4.69) is 37.1 Å². The van der Waals surface area contributed by atoms with Gasteiger partial charge in [-0.3, -0.25) is 9.59 Å². The van der Waals surface area contributed by atoms with Gasteiger partial charge in [-0.25, -0.2) is 0 Å². The van der Waals surface area contributed by atoms with Gasteiger partial charge >= 0.3 is 0 Å². The zero-order valence-corrected chi connectivity index (χ0v) is 22.2. The van der Waals surface area contributed by atoms with Crippen LogP contribution >= 0.6 is 12.6 Å². The van der Waals surface area contributed by atoms with Crippen LogP contribution in [0.5, 0.6) is 5.75 Å². The smallest absolute Gasteiger partial charge is 0.245 e. The lowest BCUT2D eigenvalue weighted by molar-refractivity contribution is -0.139. The molecule has 0 fully saturated rings. The largest absolute Gasteiger partial charge is 0.493 e. The Hall–Kier alpha value is -1.73. The van der Waals surface area contributed by atoms with Gasteiger partial charge in [0.1, 0.15) is 11.8 Å². The van der Waals surface area contributed by atoms with Gasteiger partial charge in [-0.15, -0.1) is 0 Å². The number of hydrogen-bond acceptors (Lipinski definition) is 5. The minimum Gasteiger partial charge on any atom is -0.493 e. The van der Waals surface area contributed by atoms with Gasteiger partial charge in [0.05, 0.1) is 12.6 Å². The predicted molar refractivity (Wildman–Crippen MR) is 136 cm³/mol. The molecular weight excluding hydrogens is 422 g/mol. The van der Waals surface area contributed by atoms with Crippen molar-refractivity contribution in [3.63, 3.8) is 0 Å². The van der Waals surface area contributed by atoms with Crippen LogP contribution in [0.3, 0.4) is 0 Å². The Bertz CT molecular complexity index is 742. The van der Waals surface area contributed by atoms with Crippen molar-refractivity contribution < 1.29 is 14.3 Å². The second-order valence-corrected chi connectivity index (χ2v) is 10.9. The molecule has 7 heteroatoms. The molecule has 0 saturated heterocycles. The summed E-state index contributed by atoms with van der Waals surface area (Å²) in [6.07, 6.45) is 0. The fraction of sp³-hybridized carbons (Fsp3) is 0.680. The molecule has 2 N–H and O–H groups in total. The van der Waals surface area contributed by atoms with Gasteiger partial charge < -0.3 is 20.3 Å². The van der Waals surface area contributed by atoms with E-state index in [1.54, 1.807) is 19.0 Å². The van der Waals surface area contributed by atoms with Crippen LogP contribution in [-0.4, -0.2) is 61.8 Å². The summed E-state index contributed by atoms with van der Waals surface area (Å²) >= 11 is 4.16. The van der Waals surface area contributed by atoms with E-state index < -0.39 is 22.9 Å². The minimum absolute atomic E-state index is 0.0714. The molecule has 0 heterocycles. The molecule has 1 aromatic rings. The van der Waals surface area contributed by atoms with Crippen LogP contribution in [0.15, 0.2) is 24.3 Å². The average molecular weight is 466 g/mol. The first kappa shape index (κ1) is 28.3. The highest BCUT2D eigenvalue weighted by Gasteiger charge is 2.40. The third kappa shape index (κ3) is 7.69. The summed E-state index contributed by atoms with van der Waals surface area (Å²) in [5.41, 5.74) is 0.0589. The average Bonchev–Trinajstić information content (AvgIpc) is 2.69. The topological polar surface area (TPSA) is 70.7 Å². The molecule has 0 aromatic heterocycles. The van der Waals surface area contributed by atoms with Gasteiger partial charge in [-0.05, 0) is 36.1 Å². The Morgan fingerprint density at radius 1 is 1.06 bits per heavy atom. The number of thiol groups is 1. The van der Waals surface area contributed by atoms with Crippen molar-refractivity contribution in [1.82, 2.24) is 15.5 Å². The van der Waals surface area contributed by atoms with Crippen molar-refractivity contribution in [2.24, 2.45) is 11.3 Å². The lowest BCUT2D eigenvalue weighted by Gasteiger charge is -2.38. The molecule has 0 radical (unpaired) electrons. The number of hydrogen-bond donors (Lipinski definition) is 3. The van der Waals surface area contributed by atoms with Crippen molar-refractivity contribution >= 4 is 24.4 Å². The SMILES string of the molecule is CNC(C(=O)NC(C(=O)N(C)CC(C)C)C(C)(C)C)C(C)(C)c1ccc(OCCS)cc1. The van der Waals surface area contributed by atoms with Gasteiger partial charge in [0.15, 0.2) is 0 Å². The number of nitrogens with zero attached hydrogens (tertiary/aromatic N) is 1. The molecule has 0 bridgehead atoms. The Kier molecular flexibility index (Phi) is 10.6. The lowest BCUT2D eigenvalue weighted by Crippen LogP contribution is -2.61. The number of nitrogens with one attached hydrogen (secondary N) is 2. The molecule has 2 amide bonds. The van der Waals surface area contributed by atoms with Crippen LogP contribution in [0, 0.1) is 11.3 Å². The maximum atomic E-state index is 13.4. The van der Waals surface area contributed by atoms with E-state index in [1.807, 2.05) is 58.9 Å².